The van der Waals surface area contributed by atoms with Crippen molar-refractivity contribution in [3.05, 3.63) is 29.8 Å². The Bertz CT molecular complexity index is 441. The number of hydrogen-bond donors (Lipinski definition) is 0. The van der Waals surface area contributed by atoms with E-state index in [0.717, 1.165) is 12.0 Å². The van der Waals surface area contributed by atoms with Gasteiger partial charge >= 0.3 is 0 Å². The van der Waals surface area contributed by atoms with Gasteiger partial charge in [-0.25, -0.2) is 0 Å². The number of rotatable bonds is 5. The Labute approximate surface area is 130 Å². The molecule has 0 unspecified atom stereocenters. The van der Waals surface area contributed by atoms with E-state index in [4.69, 9.17) is 0 Å². The SMILES string of the molecule is CCN(CC)C1CCN(c2ccccc2C2CCC2)CC1. The normalized spacial score (nSPS) is 20.8. The minimum atomic E-state index is 0.798. The van der Waals surface area contributed by atoms with Crippen LogP contribution in [0.1, 0.15) is 57.4 Å². The van der Waals surface area contributed by atoms with Crippen molar-refractivity contribution in [2.45, 2.75) is 57.9 Å². The Morgan fingerprint density at radius 3 is 2.24 bits per heavy atom. The molecule has 1 aliphatic carbocycles. The predicted molar refractivity (Wildman–Crippen MR) is 91.2 cm³/mol. The van der Waals surface area contributed by atoms with Crippen LogP contribution in [-0.4, -0.2) is 37.1 Å². The molecule has 2 fully saturated rings. The fourth-order valence-corrected chi connectivity index (χ4v) is 4.05. The van der Waals surface area contributed by atoms with Crippen LogP contribution in [0, 0.1) is 0 Å². The predicted octanol–water partition coefficient (Wildman–Crippen LogP) is 4.26. The molecule has 0 N–H and O–H groups in total. The first-order valence-electron chi connectivity index (χ1n) is 8.91. The maximum Gasteiger partial charge on any atom is 0.0401 e. The molecule has 1 heterocycles. The molecule has 1 saturated heterocycles. The summed E-state index contributed by atoms with van der Waals surface area (Å²) in [6, 6.07) is 9.96. The fraction of sp³-hybridized carbons (Fsp3) is 0.684. The molecule has 2 heteroatoms. The molecule has 0 radical (unpaired) electrons. The standard InChI is InChI=1S/C19H30N2/c1-3-20(4-2)17-12-14-21(15-13-17)19-11-6-5-10-18(19)16-8-7-9-16/h5-6,10-11,16-17H,3-4,7-9,12-15H2,1-2H3. The van der Waals surface area contributed by atoms with Gasteiger partial charge in [-0.2, -0.15) is 0 Å². The van der Waals surface area contributed by atoms with E-state index < -0.39 is 0 Å². The van der Waals surface area contributed by atoms with Gasteiger partial charge in [0.1, 0.15) is 0 Å². The van der Waals surface area contributed by atoms with E-state index in [1.54, 1.807) is 5.56 Å². The van der Waals surface area contributed by atoms with Gasteiger partial charge in [-0.1, -0.05) is 38.5 Å². The van der Waals surface area contributed by atoms with Gasteiger partial charge in [-0.3, -0.25) is 0 Å². The van der Waals surface area contributed by atoms with Crippen molar-refractivity contribution in [1.82, 2.24) is 4.90 Å². The van der Waals surface area contributed by atoms with Gasteiger partial charge in [0.2, 0.25) is 0 Å². The third kappa shape index (κ3) is 3.11. The maximum absolute atomic E-state index is 2.65. The summed E-state index contributed by atoms with van der Waals surface area (Å²) in [6.07, 6.45) is 6.85. The van der Waals surface area contributed by atoms with Crippen LogP contribution in [0.15, 0.2) is 24.3 Å². The smallest absolute Gasteiger partial charge is 0.0401 e. The molecule has 2 aliphatic rings. The highest BCUT2D eigenvalue weighted by molar-refractivity contribution is 5.56. The molecule has 3 rings (SSSR count). The zero-order valence-electron chi connectivity index (χ0n) is 13.7. The molecular formula is C19H30N2. The van der Waals surface area contributed by atoms with Crippen LogP contribution in [0.2, 0.25) is 0 Å². The van der Waals surface area contributed by atoms with E-state index in [-0.39, 0.29) is 0 Å². The molecule has 1 aromatic carbocycles. The monoisotopic (exact) mass is 286 g/mol. The summed E-state index contributed by atoms with van der Waals surface area (Å²) in [7, 11) is 0. The van der Waals surface area contributed by atoms with Gasteiger partial charge in [0.05, 0.1) is 0 Å². The minimum absolute atomic E-state index is 0.798. The Balaban J connectivity index is 1.67. The number of piperidine rings is 1. The lowest BCUT2D eigenvalue weighted by molar-refractivity contribution is 0.186. The van der Waals surface area contributed by atoms with Gasteiger partial charge < -0.3 is 9.80 Å². The highest BCUT2D eigenvalue weighted by Crippen LogP contribution is 2.41. The van der Waals surface area contributed by atoms with Gasteiger partial charge in [-0.15, -0.1) is 0 Å². The maximum atomic E-state index is 2.65. The molecule has 1 saturated carbocycles. The average molecular weight is 286 g/mol. The van der Waals surface area contributed by atoms with E-state index in [1.165, 1.54) is 64.0 Å². The molecule has 1 aromatic rings. The van der Waals surface area contributed by atoms with Crippen LogP contribution >= 0.6 is 0 Å². The Morgan fingerprint density at radius 2 is 1.67 bits per heavy atom. The quantitative estimate of drug-likeness (QED) is 0.798. The first-order valence-corrected chi connectivity index (χ1v) is 8.91. The van der Waals surface area contributed by atoms with Crippen molar-refractivity contribution in [3.8, 4) is 0 Å². The molecule has 2 nitrogen and oxygen atoms in total. The Kier molecular flexibility index (Phi) is 4.84. The molecule has 0 bridgehead atoms. The van der Waals surface area contributed by atoms with Crippen molar-refractivity contribution in [2.75, 3.05) is 31.1 Å². The molecule has 0 amide bonds. The van der Waals surface area contributed by atoms with E-state index in [0.29, 0.717) is 0 Å². The second-order valence-corrected chi connectivity index (χ2v) is 6.63. The first kappa shape index (κ1) is 14.9. The lowest BCUT2D eigenvalue weighted by atomic mass is 9.79. The Hall–Kier alpha value is -1.02. The summed E-state index contributed by atoms with van der Waals surface area (Å²) < 4.78 is 0. The van der Waals surface area contributed by atoms with Crippen molar-refractivity contribution in [2.24, 2.45) is 0 Å². The number of nitrogens with zero attached hydrogens (tertiary/aromatic N) is 2. The lowest BCUT2D eigenvalue weighted by Crippen LogP contribution is -2.45. The van der Waals surface area contributed by atoms with Gasteiger partial charge in [0.25, 0.3) is 0 Å². The summed E-state index contributed by atoms with van der Waals surface area (Å²) in [5, 5.41) is 0. The largest absolute Gasteiger partial charge is 0.371 e. The molecule has 1 aliphatic heterocycles. The number of hydrogen-bond acceptors (Lipinski definition) is 2. The second-order valence-electron chi connectivity index (χ2n) is 6.63. The zero-order valence-corrected chi connectivity index (χ0v) is 13.7. The van der Waals surface area contributed by atoms with Gasteiger partial charge in [0, 0.05) is 24.8 Å². The first-order chi connectivity index (χ1) is 10.3. The van der Waals surface area contributed by atoms with Crippen molar-refractivity contribution >= 4 is 5.69 Å². The summed E-state index contributed by atoms with van der Waals surface area (Å²) in [5.41, 5.74) is 3.14. The van der Waals surface area contributed by atoms with Crippen LogP contribution in [-0.2, 0) is 0 Å². The van der Waals surface area contributed by atoms with E-state index in [9.17, 15) is 0 Å². The van der Waals surface area contributed by atoms with Crippen molar-refractivity contribution in [3.63, 3.8) is 0 Å². The lowest BCUT2D eigenvalue weighted by Gasteiger charge is -2.40. The molecule has 0 atom stereocenters. The highest BCUT2D eigenvalue weighted by atomic mass is 15.2. The third-order valence-corrected chi connectivity index (χ3v) is 5.62. The topological polar surface area (TPSA) is 6.48 Å². The zero-order chi connectivity index (χ0) is 14.7. The fourth-order valence-electron chi connectivity index (χ4n) is 4.05. The van der Waals surface area contributed by atoms with Crippen molar-refractivity contribution in [1.29, 1.82) is 0 Å². The molecule has 21 heavy (non-hydrogen) atoms. The second kappa shape index (κ2) is 6.83. The third-order valence-electron chi connectivity index (χ3n) is 5.62. The van der Waals surface area contributed by atoms with E-state index in [1.807, 2.05) is 0 Å². The summed E-state index contributed by atoms with van der Waals surface area (Å²) >= 11 is 0. The summed E-state index contributed by atoms with van der Waals surface area (Å²) in [4.78, 5) is 5.28. The average Bonchev–Trinajstić information content (AvgIpc) is 2.48. The molecule has 0 aromatic heterocycles. The summed E-state index contributed by atoms with van der Waals surface area (Å²) in [5.74, 6) is 0.835. The molecule has 116 valence electrons. The van der Waals surface area contributed by atoms with Gasteiger partial charge in [0.15, 0.2) is 0 Å². The van der Waals surface area contributed by atoms with E-state index >= 15 is 0 Å². The van der Waals surface area contributed by atoms with Crippen LogP contribution in [0.4, 0.5) is 5.69 Å². The van der Waals surface area contributed by atoms with Gasteiger partial charge in [-0.05, 0) is 56.3 Å². The number of benzene rings is 1. The molecule has 0 spiro atoms. The van der Waals surface area contributed by atoms with E-state index in [2.05, 4.69) is 47.9 Å². The Morgan fingerprint density at radius 1 is 1.00 bits per heavy atom. The summed E-state index contributed by atoms with van der Waals surface area (Å²) in [6.45, 7) is 9.43. The highest BCUT2D eigenvalue weighted by Gasteiger charge is 2.27. The van der Waals surface area contributed by atoms with Crippen LogP contribution in [0.5, 0.6) is 0 Å². The van der Waals surface area contributed by atoms with Crippen molar-refractivity contribution < 1.29 is 0 Å². The van der Waals surface area contributed by atoms with Crippen LogP contribution in [0.3, 0.4) is 0 Å². The molecular weight excluding hydrogens is 256 g/mol. The van der Waals surface area contributed by atoms with Crippen LogP contribution in [0.25, 0.3) is 0 Å². The van der Waals surface area contributed by atoms with Crippen LogP contribution < -0.4 is 4.90 Å². The minimum Gasteiger partial charge on any atom is -0.371 e. The number of para-hydroxylation sites is 1. The number of anilines is 1.